The number of rotatable bonds is 5. The van der Waals surface area contributed by atoms with Crippen LogP contribution in [0.1, 0.15) is 55.1 Å². The Hall–Kier alpha value is -2.35. The highest BCUT2D eigenvalue weighted by Crippen LogP contribution is 2.37. The highest BCUT2D eigenvalue weighted by atomic mass is 35.5. The minimum atomic E-state index is -3.42. The largest absolute Gasteiger partial charge is 0.482 e. The summed E-state index contributed by atoms with van der Waals surface area (Å²) in [6.45, 7) is -9.48. The lowest BCUT2D eigenvalue weighted by molar-refractivity contribution is 0.227. The number of piperidine rings is 1. The van der Waals surface area contributed by atoms with Gasteiger partial charge in [-0.15, -0.1) is 0 Å². The second-order valence-corrected chi connectivity index (χ2v) is 6.72. The van der Waals surface area contributed by atoms with E-state index in [1.54, 1.807) is 5.32 Å². The van der Waals surface area contributed by atoms with Gasteiger partial charge >= 0.3 is 0 Å². The van der Waals surface area contributed by atoms with E-state index in [1.165, 1.54) is 0 Å². The van der Waals surface area contributed by atoms with E-state index in [-0.39, 0.29) is 16.1 Å². The summed E-state index contributed by atoms with van der Waals surface area (Å²) in [7, 11) is 0. The highest BCUT2D eigenvalue weighted by molar-refractivity contribution is 6.36. The van der Waals surface area contributed by atoms with Gasteiger partial charge in [0.15, 0.2) is 11.6 Å². The van der Waals surface area contributed by atoms with E-state index >= 15 is 0 Å². The summed E-state index contributed by atoms with van der Waals surface area (Å²) in [5, 5.41) is 4.62. The Morgan fingerprint density at radius 3 is 3.00 bits per heavy atom. The molecule has 1 aliphatic rings. The van der Waals surface area contributed by atoms with Gasteiger partial charge in [0.25, 0.3) is 0 Å². The Labute approximate surface area is 202 Å². The molecule has 1 fully saturated rings. The first-order chi connectivity index (χ1) is 19.4. The quantitative estimate of drug-likeness (QED) is 0.519. The van der Waals surface area contributed by atoms with Crippen LogP contribution in [0, 0.1) is 5.82 Å². The normalized spacial score (nSPS) is 30.4. The van der Waals surface area contributed by atoms with Crippen molar-refractivity contribution in [3.63, 3.8) is 0 Å². The molecule has 3 aromatic rings. The molecule has 1 saturated heterocycles. The second kappa shape index (κ2) is 8.79. The number of aromatic nitrogens is 3. The van der Waals surface area contributed by atoms with Gasteiger partial charge in [-0.3, -0.25) is 4.68 Å². The minimum absolute atomic E-state index is 0.132. The maximum absolute atomic E-state index is 14.2. The van der Waals surface area contributed by atoms with Crippen LogP contribution in [0.15, 0.2) is 36.8 Å². The second-order valence-electron chi connectivity index (χ2n) is 5.93. The van der Waals surface area contributed by atoms with Crippen molar-refractivity contribution in [3.05, 3.63) is 58.2 Å². The van der Waals surface area contributed by atoms with Gasteiger partial charge in [-0.25, -0.2) is 9.37 Å². The first kappa shape index (κ1) is 10.3. The summed E-state index contributed by atoms with van der Waals surface area (Å²) in [4.78, 5) is 3.82. The molecule has 0 spiro atoms. The Morgan fingerprint density at radius 1 is 1.43 bits per heavy atom. The maximum atomic E-state index is 14.2. The number of ether oxygens (including phenoxy) is 1. The molecule has 3 heterocycles. The highest BCUT2D eigenvalue weighted by Gasteiger charge is 2.21. The van der Waals surface area contributed by atoms with Crippen molar-refractivity contribution < 1.29 is 26.9 Å². The number of nitrogen functional groups attached to an aromatic ring is 1. The zero-order valence-corrected chi connectivity index (χ0v) is 16.4. The SMILES string of the molecule is [2H]c1nc(N)c(O[C@@H](c2c(Cl)ccc(F)c2Cl)C([2H])([2H])[2H])cc1-c1cnn(C2([2H])C([2H])([2H])C([2H])([2H])NC([2H])([2H])C2([2H])[2H])c1. The molecule has 0 aliphatic carbocycles. The third kappa shape index (κ3) is 4.24. The molecule has 2 aromatic heterocycles. The van der Waals surface area contributed by atoms with Crippen molar-refractivity contribution in [2.45, 2.75) is 31.7 Å². The van der Waals surface area contributed by atoms with Crippen molar-refractivity contribution >= 4 is 29.0 Å². The van der Waals surface area contributed by atoms with E-state index in [2.05, 4.69) is 10.1 Å². The summed E-state index contributed by atoms with van der Waals surface area (Å²) in [6, 6.07) is -0.300. The summed E-state index contributed by atoms with van der Waals surface area (Å²) in [5.41, 5.74) is 5.16. The van der Waals surface area contributed by atoms with Gasteiger partial charge in [0.1, 0.15) is 11.9 Å². The zero-order valence-electron chi connectivity index (χ0n) is 27.9. The van der Waals surface area contributed by atoms with Crippen LogP contribution in [0.3, 0.4) is 0 Å². The van der Waals surface area contributed by atoms with Gasteiger partial charge in [-0.2, -0.15) is 5.10 Å². The van der Waals surface area contributed by atoms with Crippen LogP contribution >= 0.6 is 23.2 Å². The number of hydrogen-bond acceptors (Lipinski definition) is 5. The molecule has 1 atom stereocenters. The standard InChI is InChI=1S/C21H22Cl2FN5O/c1-12(19-16(22)2-3-17(24)20(19)23)30-18-8-13(9-27-21(18)25)14-10-28-29(11-14)15-4-6-26-7-5-15/h2-3,8-12,15,26H,4-7H2,1H3,(H2,25,27)/t12-/m1/s1/i1D3,4D2,5D2,6D2,7D2,9D,15D. The van der Waals surface area contributed by atoms with Gasteiger partial charge in [-0.05, 0) is 50.8 Å². The number of halogens is 3. The van der Waals surface area contributed by atoms with Crippen molar-refractivity contribution in [1.29, 1.82) is 0 Å². The molecule has 9 heteroatoms. The van der Waals surface area contributed by atoms with Crippen LogP contribution in [-0.4, -0.2) is 27.8 Å². The van der Waals surface area contributed by atoms with Crippen LogP contribution in [0.25, 0.3) is 11.1 Å². The van der Waals surface area contributed by atoms with Gasteiger partial charge < -0.3 is 15.8 Å². The van der Waals surface area contributed by atoms with E-state index in [4.69, 9.17) is 51.5 Å². The van der Waals surface area contributed by atoms with Crippen molar-refractivity contribution in [3.8, 4) is 16.9 Å². The lowest BCUT2D eigenvalue weighted by atomic mass is 10.1. The maximum Gasteiger partial charge on any atom is 0.166 e. The molecule has 0 amide bonds. The summed E-state index contributed by atoms with van der Waals surface area (Å²) < 4.78 is 127. The Kier molecular flexibility index (Phi) is 3.02. The lowest BCUT2D eigenvalue weighted by Gasteiger charge is -2.22. The molecular formula is C21H22Cl2FN5O. The van der Waals surface area contributed by atoms with Gasteiger partial charge in [0.05, 0.1) is 20.0 Å². The molecule has 0 radical (unpaired) electrons. The molecular weight excluding hydrogens is 428 g/mol. The average Bonchev–Trinajstić information content (AvgIpc) is 3.34. The average molecular weight is 463 g/mol. The Bertz CT molecular complexity index is 1560. The molecule has 30 heavy (non-hydrogen) atoms. The molecule has 158 valence electrons. The van der Waals surface area contributed by atoms with Crippen LogP contribution in [0.5, 0.6) is 5.75 Å². The molecule has 0 bridgehead atoms. The minimum Gasteiger partial charge on any atom is -0.482 e. The van der Waals surface area contributed by atoms with E-state index in [1.807, 2.05) is 0 Å². The molecule has 0 saturated carbocycles. The van der Waals surface area contributed by atoms with E-state index in [9.17, 15) is 4.39 Å². The van der Waals surface area contributed by atoms with Crippen LogP contribution < -0.4 is 15.8 Å². The molecule has 3 N–H and O–H groups in total. The number of pyridine rings is 1. The Morgan fingerprint density at radius 2 is 2.23 bits per heavy atom. The van der Waals surface area contributed by atoms with Crippen molar-refractivity contribution in [2.75, 3.05) is 18.7 Å². The zero-order chi connectivity index (χ0) is 32.7. The predicted octanol–water partition coefficient (Wildman–Crippen LogP) is 5.04. The number of nitrogens with one attached hydrogen (secondary N) is 1. The lowest BCUT2D eigenvalue weighted by Crippen LogP contribution is -2.29. The van der Waals surface area contributed by atoms with Crippen LogP contribution in [-0.2, 0) is 0 Å². The number of hydrogen-bond donors (Lipinski definition) is 2. The molecule has 4 rings (SSSR count). The summed E-state index contributed by atoms with van der Waals surface area (Å²) in [5.74, 6) is -1.88. The fourth-order valence-electron chi connectivity index (χ4n) is 2.57. The number of nitrogens with zero attached hydrogens (tertiary/aromatic N) is 3. The molecule has 1 aromatic carbocycles. The van der Waals surface area contributed by atoms with E-state index in [0.29, 0.717) is 4.68 Å². The first-order valence-electron chi connectivity index (χ1n) is 14.8. The fraction of sp³-hybridized carbons (Fsp3) is 0.333. The van der Waals surface area contributed by atoms with Crippen LogP contribution in [0.4, 0.5) is 10.2 Å². The number of nitrogens with two attached hydrogens (primary N) is 1. The van der Waals surface area contributed by atoms with Crippen molar-refractivity contribution in [1.82, 2.24) is 20.1 Å². The third-order valence-corrected chi connectivity index (χ3v) is 4.73. The Balaban J connectivity index is 1.84. The van der Waals surface area contributed by atoms with Crippen molar-refractivity contribution in [2.24, 2.45) is 0 Å². The van der Waals surface area contributed by atoms with Gasteiger partial charge in [0, 0.05) is 49.2 Å². The van der Waals surface area contributed by atoms with Gasteiger partial charge in [0.2, 0.25) is 0 Å². The first-order valence-corrected chi connectivity index (χ1v) is 9.08. The van der Waals surface area contributed by atoms with E-state index in [0.717, 1.165) is 30.6 Å². The summed E-state index contributed by atoms with van der Waals surface area (Å²) in [6.07, 6.45) is -7.55. The topological polar surface area (TPSA) is 78.0 Å². The smallest absolute Gasteiger partial charge is 0.166 e. The summed E-state index contributed by atoms with van der Waals surface area (Å²) >= 11 is 12.1. The molecule has 0 unspecified atom stereocenters. The predicted molar refractivity (Wildman–Crippen MR) is 116 cm³/mol. The fourth-order valence-corrected chi connectivity index (χ4v) is 3.14. The molecule has 6 nitrogen and oxygen atoms in total. The third-order valence-electron chi connectivity index (χ3n) is 4.02. The number of benzene rings is 1. The van der Waals surface area contributed by atoms with E-state index < -0.39 is 78.9 Å². The monoisotopic (exact) mass is 462 g/mol. The molecule has 1 aliphatic heterocycles. The van der Waals surface area contributed by atoms with Crippen LogP contribution in [0.2, 0.25) is 10.0 Å². The number of anilines is 1. The van der Waals surface area contributed by atoms with Gasteiger partial charge in [-0.1, -0.05) is 23.2 Å².